The van der Waals surface area contributed by atoms with Crippen LogP contribution in [0.2, 0.25) is 0 Å². The van der Waals surface area contributed by atoms with Crippen LogP contribution in [0.3, 0.4) is 0 Å². The van der Waals surface area contributed by atoms with Crippen molar-refractivity contribution in [2.75, 3.05) is 0 Å². The number of aromatic nitrogens is 2. The number of nitrogens with one attached hydrogen (secondary N) is 2. The summed E-state index contributed by atoms with van der Waals surface area (Å²) in [7, 11) is 0. The number of halogens is 1. The maximum Gasteiger partial charge on any atom is 0.314 e. The molecule has 0 amide bonds. The largest absolute Gasteiger partial charge is 0.316 e. The zero-order valence-corrected chi connectivity index (χ0v) is 10.3. The monoisotopic (exact) mass is 282 g/mol. The number of aromatic amines is 2. The quantitative estimate of drug-likeness (QED) is 0.827. The number of benzene rings is 1. The van der Waals surface area contributed by atoms with Gasteiger partial charge in [0, 0.05) is 4.47 Å². The van der Waals surface area contributed by atoms with Gasteiger partial charge in [-0.05, 0) is 24.1 Å². The summed E-state index contributed by atoms with van der Waals surface area (Å²) >= 11 is 3.38. The molecule has 0 atom stereocenters. The summed E-state index contributed by atoms with van der Waals surface area (Å²) in [5.41, 5.74) is 1.18. The standard InChI is InChI=1S/C11H11BrN2O2/c1-2-3-6-4-7(12)5-8-9(6)14-11(16)10(15)13-8/h4-5H,2-3H2,1H3,(H,13,15)(H,14,16). The fourth-order valence-corrected chi connectivity index (χ4v) is 2.23. The molecule has 4 nitrogen and oxygen atoms in total. The number of fused-ring (bicyclic) bond motifs is 1. The van der Waals surface area contributed by atoms with Gasteiger partial charge in [-0.15, -0.1) is 0 Å². The highest BCUT2D eigenvalue weighted by atomic mass is 79.9. The average Bonchev–Trinajstić information content (AvgIpc) is 2.21. The van der Waals surface area contributed by atoms with E-state index in [0.717, 1.165) is 28.4 Å². The van der Waals surface area contributed by atoms with Crippen LogP contribution in [0.5, 0.6) is 0 Å². The Morgan fingerprint density at radius 2 is 1.88 bits per heavy atom. The highest BCUT2D eigenvalue weighted by Gasteiger charge is 2.05. The van der Waals surface area contributed by atoms with E-state index in [0.29, 0.717) is 5.52 Å². The fraction of sp³-hybridized carbons (Fsp3) is 0.273. The minimum Gasteiger partial charge on any atom is -0.316 e. The van der Waals surface area contributed by atoms with Crippen LogP contribution in [-0.2, 0) is 6.42 Å². The van der Waals surface area contributed by atoms with Gasteiger partial charge >= 0.3 is 11.1 Å². The molecule has 0 aliphatic rings. The molecule has 84 valence electrons. The SMILES string of the molecule is CCCc1cc(Br)cc2[nH]c(=O)c(=O)[nH]c12. The molecule has 0 saturated heterocycles. The van der Waals surface area contributed by atoms with Crippen LogP contribution in [-0.4, -0.2) is 9.97 Å². The van der Waals surface area contributed by atoms with Crippen LogP contribution >= 0.6 is 15.9 Å². The lowest BCUT2D eigenvalue weighted by molar-refractivity contribution is 0.922. The van der Waals surface area contributed by atoms with Crippen molar-refractivity contribution in [3.8, 4) is 0 Å². The van der Waals surface area contributed by atoms with Crippen molar-refractivity contribution in [1.82, 2.24) is 9.97 Å². The van der Waals surface area contributed by atoms with Gasteiger partial charge in [0.2, 0.25) is 0 Å². The van der Waals surface area contributed by atoms with Gasteiger partial charge in [0.25, 0.3) is 0 Å². The molecular weight excluding hydrogens is 272 g/mol. The van der Waals surface area contributed by atoms with E-state index in [-0.39, 0.29) is 0 Å². The minimum absolute atomic E-state index is 0.604. The van der Waals surface area contributed by atoms with E-state index in [2.05, 4.69) is 32.8 Å². The first-order valence-corrected chi connectivity index (χ1v) is 5.86. The molecule has 5 heteroatoms. The third kappa shape index (κ3) is 1.95. The molecule has 0 aliphatic heterocycles. The molecular formula is C11H11BrN2O2. The first-order valence-electron chi connectivity index (χ1n) is 5.06. The van der Waals surface area contributed by atoms with Crippen molar-refractivity contribution < 1.29 is 0 Å². The molecule has 0 radical (unpaired) electrons. The third-order valence-electron chi connectivity index (χ3n) is 2.40. The lowest BCUT2D eigenvalue weighted by Gasteiger charge is -2.05. The van der Waals surface area contributed by atoms with E-state index in [1.807, 2.05) is 6.07 Å². The van der Waals surface area contributed by atoms with Crippen LogP contribution in [0.15, 0.2) is 26.2 Å². The molecule has 16 heavy (non-hydrogen) atoms. The van der Waals surface area contributed by atoms with Crippen LogP contribution in [0.25, 0.3) is 11.0 Å². The third-order valence-corrected chi connectivity index (χ3v) is 2.85. The van der Waals surface area contributed by atoms with E-state index in [1.165, 1.54) is 0 Å². The maximum atomic E-state index is 11.3. The average molecular weight is 283 g/mol. The predicted octanol–water partition coefficient (Wildman–Crippen LogP) is 1.93. The van der Waals surface area contributed by atoms with E-state index in [1.54, 1.807) is 6.07 Å². The van der Waals surface area contributed by atoms with Crippen LogP contribution in [0.1, 0.15) is 18.9 Å². The Morgan fingerprint density at radius 1 is 1.19 bits per heavy atom. The smallest absolute Gasteiger partial charge is 0.314 e. The van der Waals surface area contributed by atoms with Crippen LogP contribution in [0.4, 0.5) is 0 Å². The summed E-state index contributed by atoms with van der Waals surface area (Å²) in [6.45, 7) is 2.07. The second-order valence-corrected chi connectivity index (χ2v) is 4.56. The molecule has 0 spiro atoms. The highest BCUT2D eigenvalue weighted by Crippen LogP contribution is 2.21. The van der Waals surface area contributed by atoms with Gasteiger partial charge in [-0.3, -0.25) is 9.59 Å². The second-order valence-electron chi connectivity index (χ2n) is 3.65. The lowest BCUT2D eigenvalue weighted by Crippen LogP contribution is -2.29. The van der Waals surface area contributed by atoms with Gasteiger partial charge in [0.15, 0.2) is 0 Å². The number of hydrogen-bond donors (Lipinski definition) is 2. The van der Waals surface area contributed by atoms with Gasteiger partial charge in [0.1, 0.15) is 0 Å². The summed E-state index contributed by atoms with van der Waals surface area (Å²) < 4.78 is 0.895. The van der Waals surface area contributed by atoms with Crippen molar-refractivity contribution >= 4 is 27.0 Å². The lowest BCUT2D eigenvalue weighted by atomic mass is 10.1. The molecule has 1 aromatic carbocycles. The first kappa shape index (κ1) is 11.1. The van der Waals surface area contributed by atoms with Crippen LogP contribution in [0, 0.1) is 0 Å². The topological polar surface area (TPSA) is 65.7 Å². The Morgan fingerprint density at radius 3 is 2.56 bits per heavy atom. The number of rotatable bonds is 2. The van der Waals surface area contributed by atoms with Gasteiger partial charge in [-0.1, -0.05) is 29.3 Å². The molecule has 0 fully saturated rings. The van der Waals surface area contributed by atoms with Crippen molar-refractivity contribution in [1.29, 1.82) is 0 Å². The highest BCUT2D eigenvalue weighted by molar-refractivity contribution is 9.10. The van der Waals surface area contributed by atoms with E-state index < -0.39 is 11.1 Å². The Balaban J connectivity index is 2.84. The van der Waals surface area contributed by atoms with Crippen molar-refractivity contribution in [3.63, 3.8) is 0 Å². The summed E-state index contributed by atoms with van der Waals surface area (Å²) in [4.78, 5) is 27.6. The van der Waals surface area contributed by atoms with Crippen molar-refractivity contribution in [2.24, 2.45) is 0 Å². The van der Waals surface area contributed by atoms with Crippen LogP contribution < -0.4 is 11.1 Å². The molecule has 0 saturated carbocycles. The van der Waals surface area contributed by atoms with E-state index in [9.17, 15) is 9.59 Å². The van der Waals surface area contributed by atoms with Gasteiger partial charge in [0.05, 0.1) is 11.0 Å². The Labute approximate surface area is 99.8 Å². The first-order chi connectivity index (χ1) is 7.61. The molecule has 2 aromatic rings. The molecule has 0 bridgehead atoms. The molecule has 1 aromatic heterocycles. The summed E-state index contributed by atoms with van der Waals surface area (Å²) in [6.07, 6.45) is 1.84. The Kier molecular flexibility index (Phi) is 2.96. The minimum atomic E-state index is -0.618. The van der Waals surface area contributed by atoms with Gasteiger partial charge in [-0.25, -0.2) is 0 Å². The van der Waals surface area contributed by atoms with Crippen molar-refractivity contribution in [3.05, 3.63) is 42.9 Å². The summed E-state index contributed by atoms with van der Waals surface area (Å²) in [5, 5.41) is 0. The van der Waals surface area contributed by atoms with Gasteiger partial charge in [-0.2, -0.15) is 0 Å². The molecule has 0 aliphatic carbocycles. The summed E-state index contributed by atoms with van der Waals surface area (Å²) in [6, 6.07) is 3.74. The Hall–Kier alpha value is -1.36. The second kappa shape index (κ2) is 4.25. The predicted molar refractivity (Wildman–Crippen MR) is 66.9 cm³/mol. The Bertz CT molecular complexity index is 642. The maximum absolute atomic E-state index is 11.3. The fourth-order valence-electron chi connectivity index (χ4n) is 1.73. The number of hydrogen-bond acceptors (Lipinski definition) is 2. The van der Waals surface area contributed by atoms with E-state index >= 15 is 0 Å². The van der Waals surface area contributed by atoms with E-state index in [4.69, 9.17) is 0 Å². The molecule has 0 unspecified atom stereocenters. The number of H-pyrrole nitrogens is 2. The van der Waals surface area contributed by atoms with Crippen molar-refractivity contribution in [2.45, 2.75) is 19.8 Å². The zero-order valence-electron chi connectivity index (χ0n) is 8.76. The normalized spacial score (nSPS) is 10.9. The number of aryl methyl sites for hydroxylation is 1. The zero-order chi connectivity index (χ0) is 11.7. The van der Waals surface area contributed by atoms with Gasteiger partial charge < -0.3 is 9.97 Å². The molecule has 2 rings (SSSR count). The molecule has 2 N–H and O–H groups in total. The summed E-state index contributed by atoms with van der Waals surface area (Å²) in [5.74, 6) is 0. The molecule has 1 heterocycles.